The van der Waals surface area contributed by atoms with Crippen molar-refractivity contribution >= 4 is 5.91 Å². The Morgan fingerprint density at radius 3 is 2.72 bits per heavy atom. The standard InChI is InChI=1S/C25H29N3O4/c1-4-22(31-21-13-12-17-8-5-6-9-18(17)14-21)25(29)28(2)16-23-26-24(27-32-23)19-10-7-11-20(15-19)30-3/h7,10-15,22H,4-6,8-9,16H2,1-3H3. The van der Waals surface area contributed by atoms with E-state index in [0.717, 1.165) is 24.2 Å². The number of amides is 1. The molecule has 1 heterocycles. The van der Waals surface area contributed by atoms with Gasteiger partial charge in [0.1, 0.15) is 11.5 Å². The summed E-state index contributed by atoms with van der Waals surface area (Å²) in [4.78, 5) is 19.0. The van der Waals surface area contributed by atoms with E-state index in [1.807, 2.05) is 37.3 Å². The Balaban J connectivity index is 1.40. The Labute approximate surface area is 188 Å². The minimum Gasteiger partial charge on any atom is -0.497 e. The summed E-state index contributed by atoms with van der Waals surface area (Å²) in [7, 11) is 3.33. The van der Waals surface area contributed by atoms with E-state index in [-0.39, 0.29) is 12.5 Å². The molecule has 1 atom stereocenters. The van der Waals surface area contributed by atoms with E-state index in [1.165, 1.54) is 24.0 Å². The third-order valence-corrected chi connectivity index (χ3v) is 5.79. The van der Waals surface area contributed by atoms with Gasteiger partial charge in [0.15, 0.2) is 6.10 Å². The highest BCUT2D eigenvalue weighted by atomic mass is 16.5. The Morgan fingerprint density at radius 2 is 1.94 bits per heavy atom. The van der Waals surface area contributed by atoms with Crippen molar-refractivity contribution in [3.8, 4) is 22.9 Å². The summed E-state index contributed by atoms with van der Waals surface area (Å²) in [6.07, 6.45) is 4.64. The van der Waals surface area contributed by atoms with E-state index >= 15 is 0 Å². The van der Waals surface area contributed by atoms with Gasteiger partial charge in [0.25, 0.3) is 5.91 Å². The summed E-state index contributed by atoms with van der Waals surface area (Å²) >= 11 is 0. The minimum absolute atomic E-state index is 0.119. The van der Waals surface area contributed by atoms with E-state index in [4.69, 9.17) is 14.0 Å². The van der Waals surface area contributed by atoms with Gasteiger partial charge < -0.3 is 18.9 Å². The Hall–Kier alpha value is -3.35. The third-order valence-electron chi connectivity index (χ3n) is 5.79. The molecule has 4 rings (SSSR count). The zero-order chi connectivity index (χ0) is 22.5. The van der Waals surface area contributed by atoms with Crippen molar-refractivity contribution in [3.05, 3.63) is 59.5 Å². The lowest BCUT2D eigenvalue weighted by Crippen LogP contribution is -2.39. The molecule has 1 aromatic heterocycles. The molecule has 0 saturated heterocycles. The van der Waals surface area contributed by atoms with Crippen LogP contribution < -0.4 is 9.47 Å². The van der Waals surface area contributed by atoms with Crippen LogP contribution in [-0.4, -0.2) is 41.2 Å². The first-order chi connectivity index (χ1) is 15.6. The van der Waals surface area contributed by atoms with Gasteiger partial charge in [0, 0.05) is 12.6 Å². The third kappa shape index (κ3) is 4.93. The molecule has 1 aliphatic rings. The fraction of sp³-hybridized carbons (Fsp3) is 0.400. The van der Waals surface area contributed by atoms with Crippen LogP contribution in [0.5, 0.6) is 11.5 Å². The lowest BCUT2D eigenvalue weighted by Gasteiger charge is -2.24. The van der Waals surface area contributed by atoms with Gasteiger partial charge in [-0.3, -0.25) is 4.79 Å². The average molecular weight is 436 g/mol. The van der Waals surface area contributed by atoms with E-state index in [0.29, 0.717) is 23.9 Å². The predicted molar refractivity (Wildman–Crippen MR) is 121 cm³/mol. The van der Waals surface area contributed by atoms with Gasteiger partial charge in [-0.05, 0) is 67.5 Å². The van der Waals surface area contributed by atoms with Crippen molar-refractivity contribution < 1.29 is 18.8 Å². The number of ether oxygens (including phenoxy) is 2. The number of aryl methyl sites for hydroxylation is 2. The van der Waals surface area contributed by atoms with Crippen molar-refractivity contribution in [1.29, 1.82) is 0 Å². The molecule has 1 amide bonds. The molecule has 0 saturated carbocycles. The van der Waals surface area contributed by atoms with E-state index in [2.05, 4.69) is 22.3 Å². The van der Waals surface area contributed by atoms with Crippen molar-refractivity contribution in [1.82, 2.24) is 15.0 Å². The summed E-state index contributed by atoms with van der Waals surface area (Å²) in [5.74, 6) is 2.16. The zero-order valence-electron chi connectivity index (χ0n) is 18.8. The molecule has 2 aromatic carbocycles. The van der Waals surface area contributed by atoms with E-state index < -0.39 is 6.10 Å². The lowest BCUT2D eigenvalue weighted by molar-refractivity contribution is -0.138. The SMILES string of the molecule is CCC(Oc1ccc2c(c1)CCCC2)C(=O)N(C)Cc1nc(-c2cccc(OC)c2)no1. The highest BCUT2D eigenvalue weighted by molar-refractivity contribution is 5.81. The Bertz CT molecular complexity index is 1080. The van der Waals surface area contributed by atoms with Crippen molar-refractivity contribution in [2.75, 3.05) is 14.2 Å². The van der Waals surface area contributed by atoms with Crippen molar-refractivity contribution in [2.24, 2.45) is 0 Å². The van der Waals surface area contributed by atoms with E-state index in [1.54, 1.807) is 19.1 Å². The smallest absolute Gasteiger partial charge is 0.263 e. The number of likely N-dealkylation sites (N-methyl/N-ethyl adjacent to an activating group) is 1. The number of rotatable bonds is 8. The molecular weight excluding hydrogens is 406 g/mol. The van der Waals surface area contributed by atoms with Crippen LogP contribution in [0, 0.1) is 0 Å². The summed E-state index contributed by atoms with van der Waals surface area (Å²) in [6.45, 7) is 2.16. The fourth-order valence-corrected chi connectivity index (χ4v) is 3.98. The molecular formula is C25H29N3O4. The molecule has 0 bridgehead atoms. The predicted octanol–water partition coefficient (Wildman–Crippen LogP) is 4.44. The van der Waals surface area contributed by atoms with Crippen LogP contribution in [0.2, 0.25) is 0 Å². The summed E-state index contributed by atoms with van der Waals surface area (Å²) in [5, 5.41) is 4.04. The van der Waals surface area contributed by atoms with Crippen LogP contribution in [0.1, 0.15) is 43.2 Å². The highest BCUT2D eigenvalue weighted by Gasteiger charge is 2.24. The quantitative estimate of drug-likeness (QED) is 0.521. The molecule has 0 radical (unpaired) electrons. The molecule has 32 heavy (non-hydrogen) atoms. The lowest BCUT2D eigenvalue weighted by atomic mass is 9.92. The summed E-state index contributed by atoms with van der Waals surface area (Å²) in [5.41, 5.74) is 3.51. The fourth-order valence-electron chi connectivity index (χ4n) is 3.98. The van der Waals surface area contributed by atoms with Crippen molar-refractivity contribution in [3.63, 3.8) is 0 Å². The van der Waals surface area contributed by atoms with Crippen LogP contribution in [0.15, 0.2) is 47.0 Å². The van der Waals surface area contributed by atoms with Gasteiger partial charge in [-0.25, -0.2) is 0 Å². The number of fused-ring (bicyclic) bond motifs is 1. The van der Waals surface area contributed by atoms with Gasteiger partial charge in [0.2, 0.25) is 11.7 Å². The first kappa shape index (κ1) is 21.9. The Morgan fingerprint density at radius 1 is 1.12 bits per heavy atom. The number of benzene rings is 2. The van der Waals surface area contributed by atoms with Crippen LogP contribution >= 0.6 is 0 Å². The van der Waals surface area contributed by atoms with E-state index in [9.17, 15) is 4.79 Å². The first-order valence-electron chi connectivity index (χ1n) is 11.1. The average Bonchev–Trinajstić information content (AvgIpc) is 3.30. The summed E-state index contributed by atoms with van der Waals surface area (Å²) in [6, 6.07) is 13.6. The molecule has 0 N–H and O–H groups in total. The molecule has 7 nitrogen and oxygen atoms in total. The number of methoxy groups -OCH3 is 1. The molecule has 1 aliphatic carbocycles. The Kier molecular flexibility index (Phi) is 6.73. The zero-order valence-corrected chi connectivity index (χ0v) is 18.8. The minimum atomic E-state index is -0.567. The molecule has 0 fully saturated rings. The second-order valence-corrected chi connectivity index (χ2v) is 8.09. The monoisotopic (exact) mass is 435 g/mol. The largest absolute Gasteiger partial charge is 0.497 e. The maximum atomic E-state index is 13.0. The van der Waals surface area contributed by atoms with Gasteiger partial charge in [-0.1, -0.05) is 30.3 Å². The topological polar surface area (TPSA) is 77.7 Å². The number of aromatic nitrogens is 2. The summed E-state index contributed by atoms with van der Waals surface area (Å²) < 4.78 is 16.7. The van der Waals surface area contributed by atoms with Crippen molar-refractivity contribution in [2.45, 2.75) is 51.7 Å². The molecule has 3 aromatic rings. The van der Waals surface area contributed by atoms with Crippen LogP contribution in [-0.2, 0) is 24.2 Å². The van der Waals surface area contributed by atoms with Crippen LogP contribution in [0.4, 0.5) is 0 Å². The second kappa shape index (κ2) is 9.85. The van der Waals surface area contributed by atoms with Crippen LogP contribution in [0.25, 0.3) is 11.4 Å². The first-order valence-corrected chi connectivity index (χ1v) is 11.1. The maximum Gasteiger partial charge on any atom is 0.263 e. The normalized spacial score (nSPS) is 13.8. The van der Waals surface area contributed by atoms with Gasteiger partial charge in [0.05, 0.1) is 13.7 Å². The highest BCUT2D eigenvalue weighted by Crippen LogP contribution is 2.26. The second-order valence-electron chi connectivity index (χ2n) is 8.09. The number of carbonyl (C=O) groups is 1. The maximum absolute atomic E-state index is 13.0. The number of hydrogen-bond acceptors (Lipinski definition) is 6. The molecule has 0 spiro atoms. The van der Waals surface area contributed by atoms with Gasteiger partial charge >= 0.3 is 0 Å². The number of carbonyl (C=O) groups excluding carboxylic acids is 1. The van der Waals surface area contributed by atoms with Gasteiger partial charge in [-0.15, -0.1) is 0 Å². The van der Waals surface area contributed by atoms with Gasteiger partial charge in [-0.2, -0.15) is 4.98 Å². The number of nitrogens with zero attached hydrogens (tertiary/aromatic N) is 3. The molecule has 1 unspecified atom stereocenters. The van der Waals surface area contributed by atoms with Crippen LogP contribution in [0.3, 0.4) is 0 Å². The molecule has 7 heteroatoms. The molecule has 168 valence electrons. The molecule has 0 aliphatic heterocycles. The number of hydrogen-bond donors (Lipinski definition) is 0.